The number of rotatable bonds is 5. The van der Waals surface area contributed by atoms with Crippen LogP contribution < -0.4 is 5.32 Å². The van der Waals surface area contributed by atoms with Crippen molar-refractivity contribution in [2.75, 3.05) is 11.9 Å². The average molecular weight is 384 g/mol. The highest BCUT2D eigenvalue weighted by Crippen LogP contribution is 2.30. The zero-order chi connectivity index (χ0) is 18.7. The van der Waals surface area contributed by atoms with Crippen LogP contribution in [0.25, 0.3) is 0 Å². The molecule has 2 aromatic rings. The fourth-order valence-electron chi connectivity index (χ4n) is 2.30. The Morgan fingerprint density at radius 1 is 1.20 bits per heavy atom. The van der Waals surface area contributed by atoms with E-state index in [1.807, 2.05) is 0 Å². The van der Waals surface area contributed by atoms with Crippen molar-refractivity contribution in [1.29, 1.82) is 0 Å². The lowest BCUT2D eigenvalue weighted by Gasteiger charge is -2.07. The van der Waals surface area contributed by atoms with Crippen molar-refractivity contribution in [3.05, 3.63) is 50.7 Å². The molecule has 8 heteroatoms. The standard InChI is InChI=1S/C17H15Cl2NO5/c1-4-24-17(23)14-13(8(2)21)9(3)25-16(14)20-15(22)11-7-10(18)5-6-12(11)19/h5-7H,4H2,1-3H3,(H,20,22). The van der Waals surface area contributed by atoms with Gasteiger partial charge in [0.2, 0.25) is 5.88 Å². The summed E-state index contributed by atoms with van der Waals surface area (Å²) in [6, 6.07) is 4.39. The van der Waals surface area contributed by atoms with E-state index in [9.17, 15) is 14.4 Å². The number of hydrogen-bond acceptors (Lipinski definition) is 5. The number of Topliss-reactive ketones (excluding diaryl/α,β-unsaturated/α-hetero) is 1. The predicted molar refractivity (Wildman–Crippen MR) is 93.8 cm³/mol. The number of anilines is 1. The lowest BCUT2D eigenvalue weighted by molar-refractivity contribution is 0.0524. The Morgan fingerprint density at radius 3 is 2.48 bits per heavy atom. The minimum atomic E-state index is -0.767. The summed E-state index contributed by atoms with van der Waals surface area (Å²) in [5.41, 5.74) is 0.0340. The van der Waals surface area contributed by atoms with Crippen LogP contribution in [-0.4, -0.2) is 24.3 Å². The molecule has 1 aromatic heterocycles. The van der Waals surface area contributed by atoms with Gasteiger partial charge in [-0.25, -0.2) is 4.79 Å². The average Bonchev–Trinajstić information content (AvgIpc) is 2.86. The van der Waals surface area contributed by atoms with Crippen molar-refractivity contribution < 1.29 is 23.5 Å². The Hall–Kier alpha value is -2.31. The molecule has 25 heavy (non-hydrogen) atoms. The first-order chi connectivity index (χ1) is 11.8. The highest BCUT2D eigenvalue weighted by Gasteiger charge is 2.29. The number of carbonyl (C=O) groups is 3. The minimum Gasteiger partial charge on any atom is -0.462 e. The molecule has 0 bridgehead atoms. The maximum Gasteiger partial charge on any atom is 0.344 e. The lowest BCUT2D eigenvalue weighted by atomic mass is 10.1. The number of amides is 1. The van der Waals surface area contributed by atoms with Crippen LogP contribution in [0.2, 0.25) is 10.0 Å². The second-order valence-corrected chi connectivity index (χ2v) is 5.94. The number of benzene rings is 1. The molecule has 1 N–H and O–H groups in total. The van der Waals surface area contributed by atoms with Crippen molar-refractivity contribution in [2.45, 2.75) is 20.8 Å². The molecule has 1 heterocycles. The molecule has 1 aromatic carbocycles. The van der Waals surface area contributed by atoms with E-state index in [0.717, 1.165) is 0 Å². The Labute approximate surface area is 154 Å². The van der Waals surface area contributed by atoms with Gasteiger partial charge in [-0.1, -0.05) is 23.2 Å². The Kier molecular flexibility index (Phi) is 5.87. The Morgan fingerprint density at radius 2 is 1.88 bits per heavy atom. The molecular weight excluding hydrogens is 369 g/mol. The van der Waals surface area contributed by atoms with Gasteiger partial charge < -0.3 is 9.15 Å². The highest BCUT2D eigenvalue weighted by atomic mass is 35.5. The fourth-order valence-corrected chi connectivity index (χ4v) is 2.67. The molecule has 0 spiro atoms. The van der Waals surface area contributed by atoms with Crippen molar-refractivity contribution in [3.63, 3.8) is 0 Å². The maximum absolute atomic E-state index is 12.5. The van der Waals surface area contributed by atoms with E-state index < -0.39 is 11.9 Å². The van der Waals surface area contributed by atoms with E-state index >= 15 is 0 Å². The number of esters is 1. The molecular formula is C17H15Cl2NO5. The molecule has 0 aliphatic rings. The van der Waals surface area contributed by atoms with E-state index in [4.69, 9.17) is 32.4 Å². The topological polar surface area (TPSA) is 85.6 Å². The van der Waals surface area contributed by atoms with Crippen LogP contribution in [0.5, 0.6) is 0 Å². The fraction of sp³-hybridized carbons (Fsp3) is 0.235. The van der Waals surface area contributed by atoms with Crippen LogP contribution in [0.4, 0.5) is 5.88 Å². The lowest BCUT2D eigenvalue weighted by Crippen LogP contribution is -2.16. The third-order valence-corrected chi connectivity index (χ3v) is 3.88. The first-order valence-corrected chi connectivity index (χ1v) is 8.09. The van der Waals surface area contributed by atoms with Crippen molar-refractivity contribution in [1.82, 2.24) is 0 Å². The number of halogens is 2. The summed E-state index contributed by atoms with van der Waals surface area (Å²) in [7, 11) is 0. The summed E-state index contributed by atoms with van der Waals surface area (Å²) >= 11 is 11.9. The molecule has 0 unspecified atom stereocenters. The van der Waals surface area contributed by atoms with Gasteiger partial charge in [-0.05, 0) is 39.0 Å². The second-order valence-electron chi connectivity index (χ2n) is 5.09. The van der Waals surface area contributed by atoms with E-state index in [-0.39, 0.29) is 45.7 Å². The Bertz CT molecular complexity index is 857. The molecule has 0 aliphatic heterocycles. The van der Waals surface area contributed by atoms with Crippen LogP contribution in [0, 0.1) is 6.92 Å². The summed E-state index contributed by atoms with van der Waals surface area (Å²) < 4.78 is 10.4. The minimum absolute atomic E-state index is 0.0611. The molecule has 0 atom stereocenters. The number of nitrogens with one attached hydrogen (secondary N) is 1. The third kappa shape index (κ3) is 4.03. The van der Waals surface area contributed by atoms with Gasteiger partial charge in [0.15, 0.2) is 5.78 Å². The second kappa shape index (κ2) is 7.72. The number of aryl methyl sites for hydroxylation is 1. The summed E-state index contributed by atoms with van der Waals surface area (Å²) in [5.74, 6) is -1.77. The molecule has 2 rings (SSSR count). The van der Waals surface area contributed by atoms with E-state index in [1.54, 1.807) is 6.92 Å². The summed E-state index contributed by atoms with van der Waals surface area (Å²) in [6.07, 6.45) is 0. The van der Waals surface area contributed by atoms with Gasteiger partial charge >= 0.3 is 5.97 Å². The van der Waals surface area contributed by atoms with Crippen LogP contribution in [0.3, 0.4) is 0 Å². The van der Waals surface area contributed by atoms with Crippen molar-refractivity contribution >= 4 is 46.7 Å². The molecule has 0 fully saturated rings. The SMILES string of the molecule is CCOC(=O)c1c(NC(=O)c2cc(Cl)ccc2Cl)oc(C)c1C(C)=O. The normalized spacial score (nSPS) is 10.4. The van der Waals surface area contributed by atoms with Gasteiger partial charge in [0.25, 0.3) is 5.91 Å². The number of ether oxygens (including phenoxy) is 1. The number of hydrogen-bond donors (Lipinski definition) is 1. The monoisotopic (exact) mass is 383 g/mol. The molecule has 1 amide bonds. The maximum atomic E-state index is 12.5. The predicted octanol–water partition coefficient (Wildman–Crippen LogP) is 4.53. The molecule has 132 valence electrons. The molecule has 0 radical (unpaired) electrons. The van der Waals surface area contributed by atoms with E-state index in [2.05, 4.69) is 5.32 Å². The number of carbonyl (C=O) groups excluding carboxylic acids is 3. The smallest absolute Gasteiger partial charge is 0.344 e. The van der Waals surface area contributed by atoms with Crippen LogP contribution in [0.1, 0.15) is 50.7 Å². The number of ketones is 1. The molecule has 0 saturated carbocycles. The van der Waals surface area contributed by atoms with Crippen LogP contribution in [0.15, 0.2) is 22.6 Å². The van der Waals surface area contributed by atoms with Crippen LogP contribution >= 0.6 is 23.2 Å². The Balaban J connectivity index is 2.47. The highest BCUT2D eigenvalue weighted by molar-refractivity contribution is 6.36. The third-order valence-electron chi connectivity index (χ3n) is 3.32. The van der Waals surface area contributed by atoms with Gasteiger partial charge in [0.05, 0.1) is 22.8 Å². The summed E-state index contributed by atoms with van der Waals surface area (Å²) in [6.45, 7) is 4.54. The van der Waals surface area contributed by atoms with E-state index in [0.29, 0.717) is 5.02 Å². The van der Waals surface area contributed by atoms with Gasteiger partial charge in [-0.15, -0.1) is 0 Å². The van der Waals surface area contributed by atoms with Gasteiger partial charge in [0.1, 0.15) is 11.3 Å². The zero-order valence-electron chi connectivity index (χ0n) is 13.7. The van der Waals surface area contributed by atoms with Gasteiger partial charge in [-0.3, -0.25) is 14.9 Å². The molecule has 6 nitrogen and oxygen atoms in total. The first-order valence-electron chi connectivity index (χ1n) is 7.34. The van der Waals surface area contributed by atoms with Crippen LogP contribution in [-0.2, 0) is 4.74 Å². The van der Waals surface area contributed by atoms with Crippen molar-refractivity contribution in [3.8, 4) is 0 Å². The molecule has 0 aliphatic carbocycles. The summed E-state index contributed by atoms with van der Waals surface area (Å²) in [5, 5.41) is 2.94. The summed E-state index contributed by atoms with van der Waals surface area (Å²) in [4.78, 5) is 36.5. The molecule has 0 saturated heterocycles. The zero-order valence-corrected chi connectivity index (χ0v) is 15.2. The quantitative estimate of drug-likeness (QED) is 0.605. The van der Waals surface area contributed by atoms with E-state index in [1.165, 1.54) is 32.0 Å². The number of furan rings is 1. The van der Waals surface area contributed by atoms with Gasteiger partial charge in [0, 0.05) is 5.02 Å². The van der Waals surface area contributed by atoms with Crippen molar-refractivity contribution in [2.24, 2.45) is 0 Å². The first kappa shape index (κ1) is 19.0. The largest absolute Gasteiger partial charge is 0.462 e. The van der Waals surface area contributed by atoms with Gasteiger partial charge in [-0.2, -0.15) is 0 Å².